The molecule has 2 aromatic rings. The minimum Gasteiger partial charge on any atom is -0.331 e. The van der Waals surface area contributed by atoms with Gasteiger partial charge in [0, 0.05) is 18.3 Å². The molecular formula is C13H12F3N3O3S. The van der Waals surface area contributed by atoms with Crippen LogP contribution >= 0.6 is 11.3 Å². The van der Waals surface area contributed by atoms with E-state index in [9.17, 15) is 22.8 Å². The van der Waals surface area contributed by atoms with Gasteiger partial charge >= 0.3 is 12.1 Å². The second-order valence-electron chi connectivity index (χ2n) is 4.56. The fourth-order valence-corrected chi connectivity index (χ4v) is 2.71. The molecule has 0 bridgehead atoms. The maximum absolute atomic E-state index is 12.4. The molecule has 10 heteroatoms. The average Bonchev–Trinajstić information content (AvgIpc) is 3.11. The standard InChI is InChI=1S/C13H12F3N3O3S/c1-3-19(11(21)7(2)20)6-8-4-5-9(23-8)10-17-12(22-18-10)13(14,15)16/h4-5H,3,6H2,1-2H3. The lowest BCUT2D eigenvalue weighted by Gasteiger charge is -2.18. The molecule has 0 radical (unpaired) electrons. The van der Waals surface area contributed by atoms with Crippen LogP contribution in [0, 0.1) is 0 Å². The largest absolute Gasteiger partial charge is 0.471 e. The number of carbonyl (C=O) groups excluding carboxylic acids is 2. The van der Waals surface area contributed by atoms with Gasteiger partial charge in [-0.25, -0.2) is 0 Å². The maximum atomic E-state index is 12.4. The fourth-order valence-electron chi connectivity index (χ4n) is 1.76. The smallest absolute Gasteiger partial charge is 0.331 e. The molecule has 2 rings (SSSR count). The Hall–Kier alpha value is -2.23. The van der Waals surface area contributed by atoms with Crippen molar-refractivity contribution in [3.8, 4) is 10.7 Å². The van der Waals surface area contributed by atoms with Gasteiger partial charge in [0.2, 0.25) is 11.6 Å². The molecule has 0 fully saturated rings. The Morgan fingerprint density at radius 2 is 2.04 bits per heavy atom. The van der Waals surface area contributed by atoms with Gasteiger partial charge in [-0.2, -0.15) is 18.2 Å². The predicted molar refractivity (Wildman–Crippen MR) is 74.4 cm³/mol. The van der Waals surface area contributed by atoms with Gasteiger partial charge < -0.3 is 9.42 Å². The molecule has 0 saturated carbocycles. The van der Waals surface area contributed by atoms with Crippen molar-refractivity contribution in [3.63, 3.8) is 0 Å². The summed E-state index contributed by atoms with van der Waals surface area (Å²) in [6, 6.07) is 3.18. The number of alkyl halides is 3. The van der Waals surface area contributed by atoms with Gasteiger partial charge in [-0.05, 0) is 19.1 Å². The summed E-state index contributed by atoms with van der Waals surface area (Å²) >= 11 is 1.13. The van der Waals surface area contributed by atoms with Gasteiger partial charge in [-0.3, -0.25) is 9.59 Å². The normalized spacial score (nSPS) is 11.5. The van der Waals surface area contributed by atoms with Crippen molar-refractivity contribution in [3.05, 3.63) is 22.9 Å². The monoisotopic (exact) mass is 347 g/mol. The Morgan fingerprint density at radius 1 is 1.35 bits per heavy atom. The first-order valence-electron chi connectivity index (χ1n) is 6.52. The van der Waals surface area contributed by atoms with E-state index in [-0.39, 0.29) is 12.4 Å². The van der Waals surface area contributed by atoms with E-state index in [0.29, 0.717) is 16.3 Å². The van der Waals surface area contributed by atoms with Crippen LogP contribution in [0.25, 0.3) is 10.7 Å². The highest BCUT2D eigenvalue weighted by molar-refractivity contribution is 7.15. The Kier molecular flexibility index (Phi) is 4.83. The number of ketones is 1. The molecule has 0 aliphatic heterocycles. The van der Waals surface area contributed by atoms with Crippen LogP contribution in [0.2, 0.25) is 0 Å². The zero-order valence-corrected chi connectivity index (χ0v) is 13.0. The van der Waals surface area contributed by atoms with Crippen molar-refractivity contribution in [2.45, 2.75) is 26.6 Å². The van der Waals surface area contributed by atoms with Crippen LogP contribution in [0.5, 0.6) is 0 Å². The molecule has 0 saturated heterocycles. The summed E-state index contributed by atoms with van der Waals surface area (Å²) in [5, 5.41) is 3.30. The summed E-state index contributed by atoms with van der Waals surface area (Å²) in [6.45, 7) is 3.43. The fraction of sp³-hybridized carbons (Fsp3) is 0.385. The van der Waals surface area contributed by atoms with Crippen LogP contribution < -0.4 is 0 Å². The number of Topliss-reactive ketones (excluding diaryl/α,β-unsaturated/α-hetero) is 1. The minimum absolute atomic E-state index is 0.172. The maximum Gasteiger partial charge on any atom is 0.471 e. The van der Waals surface area contributed by atoms with Crippen LogP contribution in [-0.4, -0.2) is 33.3 Å². The molecule has 6 nitrogen and oxygen atoms in total. The zero-order valence-electron chi connectivity index (χ0n) is 12.2. The first kappa shape index (κ1) is 17.1. The Labute approximate surface area is 132 Å². The van der Waals surface area contributed by atoms with Crippen molar-refractivity contribution in [2.24, 2.45) is 0 Å². The molecule has 124 valence electrons. The number of hydrogen-bond donors (Lipinski definition) is 0. The van der Waals surface area contributed by atoms with Crippen molar-refractivity contribution < 1.29 is 27.3 Å². The highest BCUT2D eigenvalue weighted by atomic mass is 32.1. The van der Waals surface area contributed by atoms with Gasteiger partial charge in [0.15, 0.2) is 0 Å². The molecule has 0 aliphatic rings. The first-order chi connectivity index (χ1) is 10.7. The zero-order chi connectivity index (χ0) is 17.2. The van der Waals surface area contributed by atoms with Crippen LogP contribution in [0.15, 0.2) is 16.7 Å². The van der Waals surface area contributed by atoms with Gasteiger partial charge in [0.1, 0.15) is 0 Å². The summed E-state index contributed by atoms with van der Waals surface area (Å²) < 4.78 is 41.5. The molecule has 0 N–H and O–H groups in total. The van der Waals surface area contributed by atoms with E-state index in [2.05, 4.69) is 14.7 Å². The Bertz CT molecular complexity index is 723. The lowest BCUT2D eigenvalue weighted by molar-refractivity contribution is -0.159. The third-order valence-corrected chi connectivity index (χ3v) is 3.93. The number of aromatic nitrogens is 2. The van der Waals surface area contributed by atoms with E-state index in [1.165, 1.54) is 17.9 Å². The van der Waals surface area contributed by atoms with Gasteiger partial charge in [0.05, 0.1) is 11.4 Å². The van der Waals surface area contributed by atoms with Crippen LogP contribution in [-0.2, 0) is 22.3 Å². The molecular weight excluding hydrogens is 335 g/mol. The number of thiophene rings is 1. The lowest BCUT2D eigenvalue weighted by atomic mass is 10.3. The summed E-state index contributed by atoms with van der Waals surface area (Å²) in [5.41, 5.74) is 0. The van der Waals surface area contributed by atoms with Crippen molar-refractivity contribution >= 4 is 23.0 Å². The van der Waals surface area contributed by atoms with E-state index < -0.39 is 23.8 Å². The lowest BCUT2D eigenvalue weighted by Crippen LogP contribution is -2.34. The van der Waals surface area contributed by atoms with E-state index >= 15 is 0 Å². The molecule has 0 unspecified atom stereocenters. The number of nitrogens with zero attached hydrogens (tertiary/aromatic N) is 3. The molecule has 23 heavy (non-hydrogen) atoms. The quantitative estimate of drug-likeness (QED) is 0.778. The average molecular weight is 347 g/mol. The second kappa shape index (κ2) is 6.49. The third kappa shape index (κ3) is 3.95. The molecule has 2 heterocycles. The summed E-state index contributed by atoms with van der Waals surface area (Å²) in [4.78, 5) is 28.5. The van der Waals surface area contributed by atoms with Crippen molar-refractivity contribution in [1.82, 2.24) is 15.0 Å². The molecule has 0 spiro atoms. The molecule has 0 aromatic carbocycles. The van der Waals surface area contributed by atoms with Gasteiger partial charge in [-0.1, -0.05) is 5.16 Å². The van der Waals surface area contributed by atoms with Gasteiger partial charge in [-0.15, -0.1) is 11.3 Å². The number of carbonyl (C=O) groups is 2. The summed E-state index contributed by atoms with van der Waals surface area (Å²) in [6.07, 6.45) is -4.70. The summed E-state index contributed by atoms with van der Waals surface area (Å²) in [5.74, 6) is -2.77. The third-order valence-electron chi connectivity index (χ3n) is 2.87. The first-order valence-corrected chi connectivity index (χ1v) is 7.33. The summed E-state index contributed by atoms with van der Waals surface area (Å²) in [7, 11) is 0. The number of likely N-dealkylation sites (N-methyl/N-ethyl adjacent to an activating group) is 1. The number of halogens is 3. The van der Waals surface area contributed by atoms with Crippen LogP contribution in [0.1, 0.15) is 24.6 Å². The predicted octanol–water partition coefficient (Wildman–Crippen LogP) is 2.75. The number of rotatable bonds is 5. The highest BCUT2D eigenvalue weighted by Gasteiger charge is 2.38. The second-order valence-corrected chi connectivity index (χ2v) is 5.73. The minimum atomic E-state index is -4.70. The van der Waals surface area contributed by atoms with E-state index in [1.807, 2.05) is 0 Å². The van der Waals surface area contributed by atoms with Crippen LogP contribution in [0.3, 0.4) is 0 Å². The molecule has 0 atom stereocenters. The van der Waals surface area contributed by atoms with Crippen molar-refractivity contribution in [2.75, 3.05) is 6.54 Å². The van der Waals surface area contributed by atoms with Gasteiger partial charge in [0.25, 0.3) is 5.91 Å². The van der Waals surface area contributed by atoms with E-state index in [0.717, 1.165) is 11.3 Å². The Balaban J connectivity index is 2.16. The Morgan fingerprint density at radius 3 is 2.57 bits per heavy atom. The number of hydrogen-bond acceptors (Lipinski definition) is 6. The molecule has 1 amide bonds. The molecule has 2 aromatic heterocycles. The number of amides is 1. The highest BCUT2D eigenvalue weighted by Crippen LogP contribution is 2.32. The van der Waals surface area contributed by atoms with Crippen LogP contribution in [0.4, 0.5) is 13.2 Å². The molecule has 0 aliphatic carbocycles. The van der Waals surface area contributed by atoms with E-state index in [1.54, 1.807) is 13.0 Å². The SMILES string of the molecule is CCN(Cc1ccc(-c2noc(C(F)(F)F)n2)s1)C(=O)C(C)=O. The van der Waals surface area contributed by atoms with Crippen molar-refractivity contribution in [1.29, 1.82) is 0 Å². The van der Waals surface area contributed by atoms with E-state index in [4.69, 9.17) is 0 Å². The topological polar surface area (TPSA) is 76.3 Å².